The maximum Gasteiger partial charge on any atom is 0.320 e. The number of fused-ring (bicyclic) bond motifs is 1. The first kappa shape index (κ1) is 18.6. The van der Waals surface area contributed by atoms with Crippen molar-refractivity contribution in [1.82, 2.24) is 14.8 Å². The van der Waals surface area contributed by atoms with Crippen molar-refractivity contribution in [2.45, 2.75) is 30.6 Å². The van der Waals surface area contributed by atoms with Crippen molar-refractivity contribution < 1.29 is 19.0 Å². The van der Waals surface area contributed by atoms with Crippen LogP contribution >= 0.6 is 11.8 Å². The summed E-state index contributed by atoms with van der Waals surface area (Å²) in [7, 11) is 1.59. The normalized spacial score (nSPS) is 14.7. The lowest BCUT2D eigenvalue weighted by molar-refractivity contribution is -0.763. The van der Waals surface area contributed by atoms with Gasteiger partial charge in [-0.25, -0.2) is 9.98 Å². The van der Waals surface area contributed by atoms with E-state index in [1.807, 2.05) is 12.1 Å². The number of ether oxygens (including phenoxy) is 1. The smallest absolute Gasteiger partial charge is 0.320 e. The van der Waals surface area contributed by atoms with Gasteiger partial charge < -0.3 is 9.84 Å². The van der Waals surface area contributed by atoms with Gasteiger partial charge in [-0.2, -0.15) is 0 Å². The van der Waals surface area contributed by atoms with Crippen LogP contribution in [-0.2, 0) is 11.3 Å². The fraction of sp³-hybridized carbons (Fsp3) is 0.389. The first-order valence-electron chi connectivity index (χ1n) is 8.90. The van der Waals surface area contributed by atoms with Gasteiger partial charge in [0.05, 0.1) is 10.9 Å². The number of rotatable bonds is 8. The number of hydrogen-bond donors (Lipinski definition) is 0. The molecule has 0 N–H and O–H groups in total. The number of hydrogen-bond acceptors (Lipinski definition) is 8. The molecule has 2 heterocycles. The zero-order valence-corrected chi connectivity index (χ0v) is 16.1. The molecule has 1 saturated carbocycles. The van der Waals surface area contributed by atoms with Gasteiger partial charge in [-0.15, -0.1) is 0 Å². The number of aromatic nitrogens is 4. The Hall–Kier alpha value is -2.72. The molecule has 0 amide bonds. The highest BCUT2D eigenvalue weighted by Crippen LogP contribution is 2.36. The lowest BCUT2D eigenvalue weighted by Crippen LogP contribution is -2.36. The molecular weight excluding hydrogens is 382 g/mol. The summed E-state index contributed by atoms with van der Waals surface area (Å²) in [5, 5.41) is 17.1. The van der Waals surface area contributed by atoms with Crippen LogP contribution in [0.25, 0.3) is 10.9 Å². The molecule has 9 nitrogen and oxygen atoms in total. The van der Waals surface area contributed by atoms with Gasteiger partial charge >= 0.3 is 5.88 Å². The van der Waals surface area contributed by atoms with Crippen LogP contribution in [0.15, 0.2) is 49.9 Å². The minimum Gasteiger partial charge on any atom is -0.861 e. The second-order valence-corrected chi connectivity index (χ2v) is 7.35. The Kier molecular flexibility index (Phi) is 5.40. The monoisotopic (exact) mass is 401 g/mol. The minimum atomic E-state index is -0.384. The van der Waals surface area contributed by atoms with Gasteiger partial charge in [0.1, 0.15) is 6.61 Å². The summed E-state index contributed by atoms with van der Waals surface area (Å²) in [6, 6.07) is 7.41. The van der Waals surface area contributed by atoms with Crippen molar-refractivity contribution in [3.8, 4) is 0 Å². The highest BCUT2D eigenvalue weighted by molar-refractivity contribution is 7.99. The summed E-state index contributed by atoms with van der Waals surface area (Å²) < 4.78 is 13.2. The number of thioether (sulfide) groups is 1. The van der Waals surface area contributed by atoms with Crippen LogP contribution in [0, 0.1) is 0 Å². The first-order valence-corrected chi connectivity index (χ1v) is 9.88. The Bertz CT molecular complexity index is 1070. The highest BCUT2D eigenvalue weighted by Gasteiger charge is 2.28. The predicted molar refractivity (Wildman–Crippen MR) is 101 cm³/mol. The molecular formula is C18H19N5O4S. The number of nitrogens with zero attached hydrogens (tertiary/aromatic N) is 5. The first-order chi connectivity index (χ1) is 13.7. The predicted octanol–water partition coefficient (Wildman–Crippen LogP) is 0.836. The van der Waals surface area contributed by atoms with Crippen molar-refractivity contribution in [3.05, 3.63) is 40.8 Å². The van der Waals surface area contributed by atoms with E-state index >= 15 is 0 Å². The Balaban J connectivity index is 1.52. The molecule has 0 radical (unpaired) electrons. The summed E-state index contributed by atoms with van der Waals surface area (Å²) in [6.07, 6.45) is 3.44. The molecule has 0 aliphatic heterocycles. The molecule has 0 bridgehead atoms. The third-order valence-corrected chi connectivity index (χ3v) is 5.21. The van der Waals surface area contributed by atoms with Crippen LogP contribution in [-0.4, -0.2) is 40.2 Å². The quantitative estimate of drug-likeness (QED) is 0.181. The molecule has 3 aromatic rings. The van der Waals surface area contributed by atoms with Crippen molar-refractivity contribution in [2.75, 3.05) is 19.5 Å². The SMILES string of the molecule is COCC[n+]1cc(/N=C(\[O-])CSc2nc3ccccc3c(=O)n2C2CC2)on1. The van der Waals surface area contributed by atoms with E-state index in [1.54, 1.807) is 23.8 Å². The van der Waals surface area contributed by atoms with Gasteiger partial charge in [0.2, 0.25) is 11.8 Å². The van der Waals surface area contributed by atoms with Crippen molar-refractivity contribution >= 4 is 34.4 Å². The average Bonchev–Trinajstić information content (AvgIpc) is 3.44. The number of para-hydroxylation sites is 1. The minimum absolute atomic E-state index is 0.0519. The molecule has 1 aliphatic carbocycles. The van der Waals surface area contributed by atoms with E-state index in [1.165, 1.54) is 22.6 Å². The molecule has 0 unspecified atom stereocenters. The average molecular weight is 401 g/mol. The molecule has 2 aromatic heterocycles. The zero-order valence-electron chi connectivity index (χ0n) is 15.3. The lowest BCUT2D eigenvalue weighted by Gasteiger charge is -2.14. The van der Waals surface area contributed by atoms with Crippen LogP contribution in [0.2, 0.25) is 0 Å². The van der Waals surface area contributed by atoms with Crippen LogP contribution in [0.3, 0.4) is 0 Å². The van der Waals surface area contributed by atoms with E-state index in [9.17, 15) is 9.90 Å². The summed E-state index contributed by atoms with van der Waals surface area (Å²) in [6.45, 7) is 0.986. The number of aliphatic imine (C=N–C) groups is 1. The fourth-order valence-corrected chi connectivity index (χ4v) is 3.62. The second kappa shape index (κ2) is 8.11. The van der Waals surface area contributed by atoms with Gasteiger partial charge in [0.25, 0.3) is 11.8 Å². The summed E-state index contributed by atoms with van der Waals surface area (Å²) in [5.74, 6) is -0.200. The van der Waals surface area contributed by atoms with Gasteiger partial charge in [0, 0.05) is 18.9 Å². The van der Waals surface area contributed by atoms with E-state index in [0.717, 1.165) is 12.8 Å². The topological polar surface area (TPSA) is 109 Å². The third kappa shape index (κ3) is 4.07. The largest absolute Gasteiger partial charge is 0.861 e. The van der Waals surface area contributed by atoms with Crippen molar-refractivity contribution in [3.63, 3.8) is 0 Å². The fourth-order valence-electron chi connectivity index (χ4n) is 2.77. The van der Waals surface area contributed by atoms with Gasteiger partial charge in [-0.05, 0) is 35.6 Å². The van der Waals surface area contributed by atoms with Crippen LogP contribution in [0.4, 0.5) is 5.88 Å². The highest BCUT2D eigenvalue weighted by atomic mass is 32.2. The molecule has 1 fully saturated rings. The molecule has 1 aromatic carbocycles. The maximum absolute atomic E-state index is 12.8. The molecule has 0 saturated heterocycles. The van der Waals surface area contributed by atoms with Crippen molar-refractivity contribution in [1.29, 1.82) is 0 Å². The summed E-state index contributed by atoms with van der Waals surface area (Å²) >= 11 is 1.21. The Morgan fingerprint density at radius 1 is 1.46 bits per heavy atom. The molecule has 10 heteroatoms. The molecule has 28 heavy (non-hydrogen) atoms. The van der Waals surface area contributed by atoms with Crippen LogP contribution in [0.5, 0.6) is 0 Å². The summed E-state index contributed by atoms with van der Waals surface area (Å²) in [4.78, 5) is 21.3. The van der Waals surface area contributed by atoms with E-state index in [0.29, 0.717) is 29.2 Å². The second-order valence-electron chi connectivity index (χ2n) is 6.41. The standard InChI is InChI=1S/C18H19N5O4S/c1-26-9-8-22-10-16(27-21-22)20-15(24)11-28-18-19-14-5-3-2-4-13(14)17(25)23(18)12-6-7-12/h2-5,10,12H,6-9,11H2,1H3. The zero-order chi connectivity index (χ0) is 19.5. The third-order valence-electron chi connectivity index (χ3n) is 4.27. The van der Waals surface area contributed by atoms with E-state index in [2.05, 4.69) is 15.2 Å². The van der Waals surface area contributed by atoms with Gasteiger partial charge in [0.15, 0.2) is 5.16 Å². The van der Waals surface area contributed by atoms with Crippen LogP contribution < -0.4 is 15.3 Å². The van der Waals surface area contributed by atoms with E-state index in [-0.39, 0.29) is 29.1 Å². The van der Waals surface area contributed by atoms with Gasteiger partial charge in [-0.3, -0.25) is 13.9 Å². The maximum atomic E-state index is 12.8. The van der Waals surface area contributed by atoms with E-state index in [4.69, 9.17) is 9.26 Å². The molecule has 1 aliphatic rings. The summed E-state index contributed by atoms with van der Waals surface area (Å²) in [5.41, 5.74) is 0.570. The number of benzene rings is 1. The lowest BCUT2D eigenvalue weighted by atomic mass is 10.2. The molecule has 146 valence electrons. The number of methoxy groups -OCH3 is 1. The van der Waals surface area contributed by atoms with Gasteiger partial charge in [-0.1, -0.05) is 23.9 Å². The Morgan fingerprint density at radius 2 is 2.29 bits per heavy atom. The Labute approximate surface area is 164 Å². The van der Waals surface area contributed by atoms with Crippen molar-refractivity contribution in [2.24, 2.45) is 4.99 Å². The molecule has 0 atom stereocenters. The van der Waals surface area contributed by atoms with Crippen LogP contribution in [0.1, 0.15) is 18.9 Å². The molecule has 0 spiro atoms. The molecule has 4 rings (SSSR count). The Morgan fingerprint density at radius 3 is 3.07 bits per heavy atom. The van der Waals surface area contributed by atoms with E-state index < -0.39 is 0 Å².